The molecule has 2 rings (SSSR count). The van der Waals surface area contributed by atoms with Crippen molar-refractivity contribution >= 4 is 11.7 Å². The van der Waals surface area contributed by atoms with E-state index < -0.39 is 11.8 Å². The van der Waals surface area contributed by atoms with Crippen molar-refractivity contribution in [1.29, 1.82) is 0 Å². The topological polar surface area (TPSA) is 52.3 Å². The molecule has 1 aliphatic carbocycles. The molecule has 3 nitrogen and oxygen atoms in total. The first-order valence-electron chi connectivity index (χ1n) is 5.80. The Hall–Kier alpha value is -1.58. The second-order valence-electron chi connectivity index (χ2n) is 4.54. The van der Waals surface area contributed by atoms with Crippen molar-refractivity contribution < 1.29 is 13.9 Å². The molecule has 1 aromatic carbocycles. The molecular weight excluding hydrogens is 221 g/mol. The van der Waals surface area contributed by atoms with Crippen molar-refractivity contribution in [3.05, 3.63) is 29.1 Å². The fourth-order valence-corrected chi connectivity index (χ4v) is 1.63. The second kappa shape index (κ2) is 4.73. The van der Waals surface area contributed by atoms with Gasteiger partial charge in [0.15, 0.2) is 0 Å². The molecular formula is C13H16FNO2. The molecule has 0 bridgehead atoms. The number of esters is 1. The molecule has 0 aliphatic heterocycles. The Morgan fingerprint density at radius 3 is 2.82 bits per heavy atom. The molecule has 0 heterocycles. The van der Waals surface area contributed by atoms with Crippen LogP contribution >= 0.6 is 0 Å². The quantitative estimate of drug-likeness (QED) is 0.647. The van der Waals surface area contributed by atoms with Gasteiger partial charge in [-0.15, -0.1) is 0 Å². The summed E-state index contributed by atoms with van der Waals surface area (Å²) < 4.78 is 18.4. The van der Waals surface area contributed by atoms with Crippen molar-refractivity contribution in [2.24, 2.45) is 5.92 Å². The zero-order chi connectivity index (χ0) is 12.4. The summed E-state index contributed by atoms with van der Waals surface area (Å²) in [5, 5.41) is 0. The van der Waals surface area contributed by atoms with E-state index in [0.29, 0.717) is 18.1 Å². The summed E-state index contributed by atoms with van der Waals surface area (Å²) >= 11 is 0. The molecule has 17 heavy (non-hydrogen) atoms. The smallest absolute Gasteiger partial charge is 0.338 e. The van der Waals surface area contributed by atoms with Crippen LogP contribution in [0.3, 0.4) is 0 Å². The lowest BCUT2D eigenvalue weighted by atomic mass is 10.1. The summed E-state index contributed by atoms with van der Waals surface area (Å²) in [6.45, 7) is 1.98. The van der Waals surface area contributed by atoms with Crippen LogP contribution in [-0.2, 0) is 4.74 Å². The molecule has 1 fully saturated rings. The highest BCUT2D eigenvalue weighted by Crippen LogP contribution is 2.32. The zero-order valence-corrected chi connectivity index (χ0v) is 9.83. The Balaban J connectivity index is 1.97. The highest BCUT2D eigenvalue weighted by atomic mass is 19.1. The number of halogens is 1. The van der Waals surface area contributed by atoms with Crippen LogP contribution in [-0.4, -0.2) is 12.6 Å². The summed E-state index contributed by atoms with van der Waals surface area (Å²) in [6.07, 6.45) is 3.35. The summed E-state index contributed by atoms with van der Waals surface area (Å²) in [5.74, 6) is -0.266. The first-order chi connectivity index (χ1) is 8.08. The highest BCUT2D eigenvalue weighted by molar-refractivity contribution is 5.90. The van der Waals surface area contributed by atoms with E-state index in [1.54, 1.807) is 6.92 Å². The fourth-order valence-electron chi connectivity index (χ4n) is 1.63. The molecule has 92 valence electrons. The molecule has 4 heteroatoms. The van der Waals surface area contributed by atoms with E-state index in [1.807, 2.05) is 0 Å². The van der Waals surface area contributed by atoms with E-state index in [-0.39, 0.29) is 11.3 Å². The van der Waals surface area contributed by atoms with Crippen LogP contribution in [0.4, 0.5) is 10.1 Å². The lowest BCUT2D eigenvalue weighted by Gasteiger charge is -2.07. The molecule has 1 aromatic rings. The Labute approximate surface area is 99.8 Å². The van der Waals surface area contributed by atoms with Gasteiger partial charge < -0.3 is 10.5 Å². The highest BCUT2D eigenvalue weighted by Gasteiger charge is 2.21. The van der Waals surface area contributed by atoms with Gasteiger partial charge in [0, 0.05) is 11.3 Å². The first-order valence-corrected chi connectivity index (χ1v) is 5.80. The van der Waals surface area contributed by atoms with Crippen molar-refractivity contribution in [2.75, 3.05) is 12.3 Å². The minimum Gasteiger partial charge on any atom is -0.462 e. The van der Waals surface area contributed by atoms with Crippen LogP contribution in [0.25, 0.3) is 0 Å². The van der Waals surface area contributed by atoms with Gasteiger partial charge in [-0.25, -0.2) is 9.18 Å². The minimum absolute atomic E-state index is 0.182. The first kappa shape index (κ1) is 11.9. The molecule has 0 radical (unpaired) electrons. The van der Waals surface area contributed by atoms with Crippen molar-refractivity contribution in [3.8, 4) is 0 Å². The van der Waals surface area contributed by atoms with Crippen LogP contribution in [0.15, 0.2) is 12.1 Å². The monoisotopic (exact) mass is 237 g/mol. The normalized spacial score (nSPS) is 14.7. The van der Waals surface area contributed by atoms with E-state index in [9.17, 15) is 9.18 Å². The third-order valence-corrected chi connectivity index (χ3v) is 3.08. The summed E-state index contributed by atoms with van der Waals surface area (Å²) in [7, 11) is 0. The Kier molecular flexibility index (Phi) is 3.31. The molecule has 0 unspecified atom stereocenters. The van der Waals surface area contributed by atoms with Crippen LogP contribution < -0.4 is 5.73 Å². The minimum atomic E-state index is -0.503. The predicted octanol–water partition coefficient (Wildman–Crippen LogP) is 2.67. The van der Waals surface area contributed by atoms with Gasteiger partial charge in [-0.1, -0.05) is 12.8 Å². The number of carbonyl (C=O) groups excluding carboxylic acids is 1. The van der Waals surface area contributed by atoms with Gasteiger partial charge in [0.2, 0.25) is 0 Å². The number of hydrogen-bond acceptors (Lipinski definition) is 3. The fraction of sp³-hybridized carbons (Fsp3) is 0.462. The lowest BCUT2D eigenvalue weighted by molar-refractivity contribution is 0.0494. The Morgan fingerprint density at radius 1 is 1.53 bits per heavy atom. The van der Waals surface area contributed by atoms with Gasteiger partial charge in [-0.05, 0) is 31.4 Å². The molecule has 2 N–H and O–H groups in total. The number of hydrogen-bond donors (Lipinski definition) is 1. The average molecular weight is 237 g/mol. The average Bonchev–Trinajstić information content (AvgIpc) is 3.09. The van der Waals surface area contributed by atoms with Gasteiger partial charge in [-0.3, -0.25) is 0 Å². The summed E-state index contributed by atoms with van der Waals surface area (Å²) in [5.41, 5.74) is 6.42. The lowest BCUT2D eigenvalue weighted by Crippen LogP contribution is -2.08. The summed E-state index contributed by atoms with van der Waals surface area (Å²) in [4.78, 5) is 11.6. The van der Waals surface area contributed by atoms with Crippen molar-refractivity contribution in [2.45, 2.75) is 26.2 Å². The SMILES string of the molecule is Cc1c(N)cc(C(=O)OCCC2CC2)cc1F. The van der Waals surface area contributed by atoms with Gasteiger partial charge in [0.25, 0.3) is 0 Å². The molecule has 1 aliphatic rings. The van der Waals surface area contributed by atoms with Gasteiger partial charge >= 0.3 is 5.97 Å². The maximum atomic E-state index is 13.4. The third kappa shape index (κ3) is 2.96. The van der Waals surface area contributed by atoms with E-state index in [4.69, 9.17) is 10.5 Å². The zero-order valence-electron chi connectivity index (χ0n) is 9.83. The Morgan fingerprint density at radius 2 is 2.24 bits per heavy atom. The van der Waals surface area contributed by atoms with E-state index in [2.05, 4.69) is 0 Å². The number of benzene rings is 1. The van der Waals surface area contributed by atoms with Crippen LogP contribution in [0.1, 0.15) is 35.2 Å². The Bertz CT molecular complexity index is 418. The molecule has 0 aromatic heterocycles. The van der Waals surface area contributed by atoms with E-state index in [1.165, 1.54) is 25.0 Å². The van der Waals surface area contributed by atoms with Crippen molar-refractivity contribution in [3.63, 3.8) is 0 Å². The van der Waals surface area contributed by atoms with Crippen LogP contribution in [0.2, 0.25) is 0 Å². The number of carbonyl (C=O) groups is 1. The number of anilines is 1. The van der Waals surface area contributed by atoms with E-state index in [0.717, 1.165) is 6.42 Å². The standard InChI is InChI=1S/C13H16FNO2/c1-8-11(14)6-10(7-12(8)15)13(16)17-5-4-9-2-3-9/h6-7,9H,2-5,15H2,1H3. The molecule has 0 spiro atoms. The second-order valence-corrected chi connectivity index (χ2v) is 4.54. The number of nitrogen functional groups attached to an aromatic ring is 1. The third-order valence-electron chi connectivity index (χ3n) is 3.08. The van der Waals surface area contributed by atoms with E-state index >= 15 is 0 Å². The molecule has 0 amide bonds. The van der Waals surface area contributed by atoms with Gasteiger partial charge in [-0.2, -0.15) is 0 Å². The number of nitrogens with two attached hydrogens (primary N) is 1. The van der Waals surface area contributed by atoms with Crippen molar-refractivity contribution in [1.82, 2.24) is 0 Å². The number of ether oxygens (including phenoxy) is 1. The van der Waals surface area contributed by atoms with Crippen LogP contribution in [0.5, 0.6) is 0 Å². The molecule has 0 atom stereocenters. The van der Waals surface area contributed by atoms with Gasteiger partial charge in [0.1, 0.15) is 5.82 Å². The maximum Gasteiger partial charge on any atom is 0.338 e. The number of rotatable bonds is 4. The van der Waals surface area contributed by atoms with Crippen LogP contribution in [0, 0.1) is 18.7 Å². The molecule has 1 saturated carbocycles. The maximum absolute atomic E-state index is 13.4. The predicted molar refractivity (Wildman–Crippen MR) is 63.2 cm³/mol. The van der Waals surface area contributed by atoms with Gasteiger partial charge in [0.05, 0.1) is 12.2 Å². The molecule has 0 saturated heterocycles. The largest absolute Gasteiger partial charge is 0.462 e. The summed E-state index contributed by atoms with van der Waals surface area (Å²) in [6, 6.07) is 2.63.